The van der Waals surface area contributed by atoms with Gasteiger partial charge in [-0.15, -0.1) is 0 Å². The Bertz CT molecular complexity index is 174. The number of allylic oxidation sites excluding steroid dienone is 1. The normalized spacial score (nSPS) is 12.5. The molecule has 0 aliphatic carbocycles. The monoisotopic (exact) mass is 150 g/mol. The van der Waals surface area contributed by atoms with Gasteiger partial charge in [-0.3, -0.25) is 0 Å². The number of alkyl halides is 3. The molecule has 0 rings (SSSR count). The van der Waals surface area contributed by atoms with Crippen LogP contribution in [0.25, 0.3) is 4.85 Å². The Morgan fingerprint density at radius 2 is 2.10 bits per heavy atom. The lowest BCUT2D eigenvalue weighted by atomic mass is 10.5. The Morgan fingerprint density at radius 3 is 2.20 bits per heavy atom. The van der Waals surface area contributed by atoms with Gasteiger partial charge in [-0.2, -0.15) is 13.2 Å². The van der Waals surface area contributed by atoms with Crippen LogP contribution in [0.5, 0.6) is 0 Å². The van der Waals surface area contributed by atoms with E-state index in [2.05, 4.69) is 10.2 Å². The molecule has 0 saturated heterocycles. The summed E-state index contributed by atoms with van der Waals surface area (Å²) in [5.74, 6) is 0. The Hall–Kier alpha value is -1.18. The van der Waals surface area contributed by atoms with Crippen molar-refractivity contribution < 1.29 is 13.2 Å². The van der Waals surface area contributed by atoms with Crippen molar-refractivity contribution in [2.24, 2.45) is 0 Å². The fraction of sp³-hybridized carbons (Fsp3) is 0.400. The molecule has 5 heteroatoms. The molecule has 0 saturated carbocycles. The van der Waals surface area contributed by atoms with E-state index >= 15 is 0 Å². The smallest absolute Gasteiger partial charge is 0.403 e. The molecule has 0 aromatic heterocycles. The first kappa shape index (κ1) is 8.82. The second-order valence-corrected chi connectivity index (χ2v) is 1.43. The van der Waals surface area contributed by atoms with Gasteiger partial charge >= 0.3 is 6.18 Å². The van der Waals surface area contributed by atoms with Gasteiger partial charge in [0.2, 0.25) is 0 Å². The van der Waals surface area contributed by atoms with Crippen LogP contribution in [0, 0.1) is 6.57 Å². The minimum absolute atomic E-state index is 0.618. The van der Waals surface area contributed by atoms with E-state index in [0.717, 1.165) is 0 Å². The van der Waals surface area contributed by atoms with Crippen molar-refractivity contribution in [2.75, 3.05) is 7.05 Å². The lowest BCUT2D eigenvalue weighted by Gasteiger charge is -2.02. The quantitative estimate of drug-likeness (QED) is 0.560. The summed E-state index contributed by atoms with van der Waals surface area (Å²) < 4.78 is 34.8. The van der Waals surface area contributed by atoms with Crippen LogP contribution in [0.2, 0.25) is 0 Å². The van der Waals surface area contributed by atoms with Gasteiger partial charge in [0, 0.05) is 13.2 Å². The van der Waals surface area contributed by atoms with Crippen LogP contribution in [0.3, 0.4) is 0 Å². The van der Waals surface area contributed by atoms with Crippen molar-refractivity contribution in [3.05, 3.63) is 23.3 Å². The first-order chi connectivity index (χ1) is 4.52. The van der Waals surface area contributed by atoms with Crippen molar-refractivity contribution in [3.63, 3.8) is 0 Å². The molecule has 0 aliphatic rings. The maximum atomic E-state index is 11.6. The molecule has 0 aromatic rings. The second-order valence-electron chi connectivity index (χ2n) is 1.43. The van der Waals surface area contributed by atoms with Crippen LogP contribution in [-0.4, -0.2) is 13.2 Å². The van der Waals surface area contributed by atoms with Gasteiger partial charge in [0.15, 0.2) is 0 Å². The minimum Gasteiger partial charge on any atom is -0.403 e. The number of rotatable bonds is 1. The molecule has 10 heavy (non-hydrogen) atoms. The molecular weight excluding hydrogens is 145 g/mol. The minimum atomic E-state index is -4.54. The zero-order valence-electron chi connectivity index (χ0n) is 5.16. The summed E-state index contributed by atoms with van der Waals surface area (Å²) in [7, 11) is 1.30. The molecule has 0 bridgehead atoms. The summed E-state index contributed by atoms with van der Waals surface area (Å²) >= 11 is 0. The Labute approximate surface area is 56.2 Å². The van der Waals surface area contributed by atoms with Crippen LogP contribution < -0.4 is 5.32 Å². The molecular formula is C5H5F3N2. The van der Waals surface area contributed by atoms with E-state index in [1.807, 2.05) is 0 Å². The summed E-state index contributed by atoms with van der Waals surface area (Å²) in [6.07, 6.45) is -3.92. The van der Waals surface area contributed by atoms with Crippen LogP contribution in [-0.2, 0) is 0 Å². The molecule has 0 heterocycles. The molecule has 0 aromatic carbocycles. The van der Waals surface area contributed by atoms with E-state index in [1.165, 1.54) is 7.05 Å². The average molecular weight is 150 g/mol. The standard InChI is InChI=1S/C5H5F3N2/c1-9-3-4(10-2)5(6,7)8/h3,9H,1H3/b4-3-. The van der Waals surface area contributed by atoms with Gasteiger partial charge in [-0.1, -0.05) is 0 Å². The summed E-state index contributed by atoms with van der Waals surface area (Å²) in [5, 5.41) is 2.13. The molecule has 56 valence electrons. The van der Waals surface area contributed by atoms with E-state index in [0.29, 0.717) is 6.20 Å². The number of nitrogens with zero attached hydrogens (tertiary/aromatic N) is 1. The summed E-state index contributed by atoms with van der Waals surface area (Å²) in [6, 6.07) is 0. The Balaban J connectivity index is 4.41. The maximum absolute atomic E-state index is 11.6. The van der Waals surface area contributed by atoms with E-state index < -0.39 is 11.9 Å². The van der Waals surface area contributed by atoms with Crippen LogP contribution >= 0.6 is 0 Å². The number of nitrogens with one attached hydrogen (secondary N) is 1. The predicted octanol–water partition coefficient (Wildman–Crippen LogP) is 1.53. The number of halogens is 3. The molecule has 1 N–H and O–H groups in total. The van der Waals surface area contributed by atoms with E-state index in [4.69, 9.17) is 6.57 Å². The van der Waals surface area contributed by atoms with Crippen molar-refractivity contribution in [1.29, 1.82) is 0 Å². The second kappa shape index (κ2) is 3.11. The molecule has 0 spiro atoms. The Kier molecular flexibility index (Phi) is 2.74. The first-order valence-corrected chi connectivity index (χ1v) is 2.34. The van der Waals surface area contributed by atoms with E-state index in [9.17, 15) is 13.2 Å². The topological polar surface area (TPSA) is 16.4 Å². The highest BCUT2D eigenvalue weighted by Crippen LogP contribution is 2.25. The van der Waals surface area contributed by atoms with Crippen molar-refractivity contribution >= 4 is 0 Å². The first-order valence-electron chi connectivity index (χ1n) is 2.34. The van der Waals surface area contributed by atoms with Crippen molar-refractivity contribution in [3.8, 4) is 0 Å². The van der Waals surface area contributed by atoms with Crippen LogP contribution in [0.15, 0.2) is 11.9 Å². The SMILES string of the molecule is [C-]#[N+]/C(=C\NC)C(F)(F)F. The zero-order valence-corrected chi connectivity index (χ0v) is 5.16. The fourth-order valence-electron chi connectivity index (χ4n) is 0.314. The maximum Gasteiger partial charge on any atom is 0.421 e. The molecule has 0 radical (unpaired) electrons. The zero-order chi connectivity index (χ0) is 8.20. The third kappa shape index (κ3) is 2.40. The lowest BCUT2D eigenvalue weighted by molar-refractivity contribution is -0.0888. The van der Waals surface area contributed by atoms with Gasteiger partial charge in [0.1, 0.15) is 0 Å². The van der Waals surface area contributed by atoms with Gasteiger partial charge in [0.05, 0.1) is 6.57 Å². The molecule has 0 fully saturated rings. The summed E-state index contributed by atoms with van der Waals surface area (Å²) in [6.45, 7) is 6.12. The highest BCUT2D eigenvalue weighted by Gasteiger charge is 2.34. The van der Waals surface area contributed by atoms with E-state index in [1.54, 1.807) is 0 Å². The Morgan fingerprint density at radius 1 is 1.60 bits per heavy atom. The fourth-order valence-corrected chi connectivity index (χ4v) is 0.314. The summed E-state index contributed by atoms with van der Waals surface area (Å²) in [4.78, 5) is 2.27. The highest BCUT2D eigenvalue weighted by atomic mass is 19.4. The molecule has 0 atom stereocenters. The molecule has 0 amide bonds. The molecule has 0 unspecified atom stereocenters. The molecule has 0 aliphatic heterocycles. The summed E-state index contributed by atoms with van der Waals surface area (Å²) in [5.41, 5.74) is -1.24. The van der Waals surface area contributed by atoms with Gasteiger partial charge in [0.25, 0.3) is 5.70 Å². The third-order valence-corrected chi connectivity index (χ3v) is 0.692. The van der Waals surface area contributed by atoms with E-state index in [-0.39, 0.29) is 0 Å². The number of hydrogen-bond donors (Lipinski definition) is 1. The highest BCUT2D eigenvalue weighted by molar-refractivity contribution is 5.14. The number of hydrogen-bond acceptors (Lipinski definition) is 1. The predicted molar refractivity (Wildman–Crippen MR) is 29.8 cm³/mol. The van der Waals surface area contributed by atoms with Crippen LogP contribution in [0.4, 0.5) is 13.2 Å². The van der Waals surface area contributed by atoms with Crippen molar-refractivity contribution in [1.82, 2.24) is 5.32 Å². The molecule has 2 nitrogen and oxygen atoms in total. The largest absolute Gasteiger partial charge is 0.421 e. The van der Waals surface area contributed by atoms with Crippen LogP contribution in [0.1, 0.15) is 0 Å². The van der Waals surface area contributed by atoms with Gasteiger partial charge in [-0.25, -0.2) is 4.85 Å². The van der Waals surface area contributed by atoms with Gasteiger partial charge in [-0.05, 0) is 0 Å². The third-order valence-electron chi connectivity index (χ3n) is 0.692. The van der Waals surface area contributed by atoms with Gasteiger partial charge < -0.3 is 5.32 Å². The lowest BCUT2D eigenvalue weighted by Crippen LogP contribution is -2.11. The van der Waals surface area contributed by atoms with Crippen molar-refractivity contribution in [2.45, 2.75) is 6.18 Å². The average Bonchev–Trinajstić information content (AvgIpc) is 1.80.